The number of rotatable bonds is 6. The minimum atomic E-state index is -3.75. The fourth-order valence-electron chi connectivity index (χ4n) is 1.66. The number of hydrogen-bond donors (Lipinski definition) is 2. The molecular formula is C14H14FN3O3S. The van der Waals surface area contributed by atoms with Gasteiger partial charge in [-0.3, -0.25) is 9.78 Å². The highest BCUT2D eigenvalue weighted by molar-refractivity contribution is 7.89. The number of aromatic nitrogens is 1. The van der Waals surface area contributed by atoms with E-state index in [1.165, 1.54) is 6.20 Å². The van der Waals surface area contributed by atoms with Gasteiger partial charge in [0.2, 0.25) is 15.9 Å². The predicted molar refractivity (Wildman–Crippen MR) is 79.1 cm³/mol. The van der Waals surface area contributed by atoms with Gasteiger partial charge in [-0.15, -0.1) is 0 Å². The standard InChI is InChI=1S/C14H14FN3O3S/c15-11-3-5-13(6-4-11)22(20,21)17-9-7-14(19)18-12-2-1-8-16-10-12/h1-6,8,10,17H,7,9H2,(H,18,19). The van der Waals surface area contributed by atoms with E-state index in [0.717, 1.165) is 24.3 Å². The van der Waals surface area contributed by atoms with Gasteiger partial charge < -0.3 is 5.32 Å². The highest BCUT2D eigenvalue weighted by Crippen LogP contribution is 2.09. The van der Waals surface area contributed by atoms with Crippen molar-refractivity contribution < 1.29 is 17.6 Å². The molecule has 0 saturated heterocycles. The van der Waals surface area contributed by atoms with Gasteiger partial charge >= 0.3 is 0 Å². The Hall–Kier alpha value is -2.32. The molecule has 0 aliphatic heterocycles. The quantitative estimate of drug-likeness (QED) is 0.844. The van der Waals surface area contributed by atoms with Gasteiger partial charge in [0, 0.05) is 19.2 Å². The molecule has 116 valence electrons. The molecule has 1 aromatic heterocycles. The van der Waals surface area contributed by atoms with Crippen molar-refractivity contribution in [2.45, 2.75) is 11.3 Å². The lowest BCUT2D eigenvalue weighted by Gasteiger charge is -2.07. The number of halogens is 1. The van der Waals surface area contributed by atoms with E-state index in [-0.39, 0.29) is 23.8 Å². The number of carbonyl (C=O) groups is 1. The van der Waals surface area contributed by atoms with Crippen LogP contribution in [0.5, 0.6) is 0 Å². The number of carbonyl (C=O) groups excluding carboxylic acids is 1. The van der Waals surface area contributed by atoms with Crippen LogP contribution in [0.2, 0.25) is 0 Å². The second-order valence-electron chi connectivity index (χ2n) is 4.39. The number of pyridine rings is 1. The molecule has 22 heavy (non-hydrogen) atoms. The van der Waals surface area contributed by atoms with Gasteiger partial charge in [0.25, 0.3) is 0 Å². The van der Waals surface area contributed by atoms with E-state index in [0.29, 0.717) is 5.69 Å². The number of benzene rings is 1. The summed E-state index contributed by atoms with van der Waals surface area (Å²) in [5, 5.41) is 2.59. The first kappa shape index (κ1) is 16.1. The van der Waals surface area contributed by atoms with Crippen LogP contribution in [0.4, 0.5) is 10.1 Å². The van der Waals surface area contributed by atoms with E-state index in [4.69, 9.17) is 0 Å². The van der Waals surface area contributed by atoms with Crippen molar-refractivity contribution in [3.8, 4) is 0 Å². The maximum Gasteiger partial charge on any atom is 0.240 e. The van der Waals surface area contributed by atoms with Gasteiger partial charge in [-0.25, -0.2) is 17.5 Å². The lowest BCUT2D eigenvalue weighted by atomic mass is 10.3. The first-order valence-electron chi connectivity index (χ1n) is 6.42. The molecule has 2 N–H and O–H groups in total. The summed E-state index contributed by atoms with van der Waals surface area (Å²) in [7, 11) is -3.75. The fourth-order valence-corrected chi connectivity index (χ4v) is 2.69. The van der Waals surface area contributed by atoms with E-state index in [2.05, 4.69) is 15.0 Å². The third kappa shape index (κ3) is 4.61. The van der Waals surface area contributed by atoms with E-state index in [9.17, 15) is 17.6 Å². The third-order valence-electron chi connectivity index (χ3n) is 2.71. The molecule has 0 unspecified atom stereocenters. The Labute approximate surface area is 127 Å². The zero-order chi connectivity index (χ0) is 16.0. The molecule has 2 aromatic rings. The molecule has 6 nitrogen and oxygen atoms in total. The van der Waals surface area contributed by atoms with Crippen molar-refractivity contribution in [1.82, 2.24) is 9.71 Å². The number of hydrogen-bond acceptors (Lipinski definition) is 4. The second-order valence-corrected chi connectivity index (χ2v) is 6.16. The molecule has 1 heterocycles. The number of amides is 1. The summed E-state index contributed by atoms with van der Waals surface area (Å²) in [4.78, 5) is 15.4. The van der Waals surface area contributed by atoms with Crippen LogP contribution >= 0.6 is 0 Å². The molecule has 0 atom stereocenters. The van der Waals surface area contributed by atoms with Crippen LogP contribution in [-0.2, 0) is 14.8 Å². The van der Waals surface area contributed by atoms with E-state index in [1.54, 1.807) is 18.3 Å². The maximum atomic E-state index is 12.8. The van der Waals surface area contributed by atoms with Gasteiger partial charge in [0.05, 0.1) is 16.8 Å². The summed E-state index contributed by atoms with van der Waals surface area (Å²) >= 11 is 0. The second kappa shape index (κ2) is 7.10. The SMILES string of the molecule is O=C(CCNS(=O)(=O)c1ccc(F)cc1)Nc1cccnc1. The van der Waals surface area contributed by atoms with Crippen LogP contribution in [0.15, 0.2) is 53.7 Å². The Morgan fingerprint density at radius 3 is 2.55 bits per heavy atom. The van der Waals surface area contributed by atoms with Crippen LogP contribution in [-0.4, -0.2) is 25.9 Å². The minimum absolute atomic E-state index is 0.0324. The van der Waals surface area contributed by atoms with Crippen molar-refractivity contribution in [2.75, 3.05) is 11.9 Å². The average Bonchev–Trinajstić information content (AvgIpc) is 2.48. The van der Waals surface area contributed by atoms with Gasteiger partial charge in [-0.2, -0.15) is 0 Å². The first-order valence-corrected chi connectivity index (χ1v) is 7.91. The summed E-state index contributed by atoms with van der Waals surface area (Å²) < 4.78 is 38.9. The predicted octanol–water partition coefficient (Wildman–Crippen LogP) is 1.53. The van der Waals surface area contributed by atoms with Gasteiger partial charge in [-0.05, 0) is 36.4 Å². The van der Waals surface area contributed by atoms with Crippen molar-refractivity contribution >= 4 is 21.6 Å². The maximum absolute atomic E-state index is 12.8. The van der Waals surface area contributed by atoms with Crippen LogP contribution in [0, 0.1) is 5.82 Å². The van der Waals surface area contributed by atoms with Crippen LogP contribution in [0.25, 0.3) is 0 Å². The Kier molecular flexibility index (Phi) is 5.18. The van der Waals surface area contributed by atoms with E-state index >= 15 is 0 Å². The summed E-state index contributed by atoms with van der Waals surface area (Å²) in [6, 6.07) is 7.79. The van der Waals surface area contributed by atoms with Gasteiger partial charge in [-0.1, -0.05) is 0 Å². The normalized spacial score (nSPS) is 11.1. The molecule has 0 radical (unpaired) electrons. The summed E-state index contributed by atoms with van der Waals surface area (Å²) in [6.45, 7) is -0.0637. The highest BCUT2D eigenvalue weighted by atomic mass is 32.2. The minimum Gasteiger partial charge on any atom is -0.325 e. The smallest absolute Gasteiger partial charge is 0.240 e. The molecule has 0 fully saturated rings. The lowest BCUT2D eigenvalue weighted by Crippen LogP contribution is -2.27. The molecule has 0 bridgehead atoms. The fraction of sp³-hybridized carbons (Fsp3) is 0.143. The molecule has 0 aliphatic carbocycles. The molecule has 1 aromatic carbocycles. The van der Waals surface area contributed by atoms with Crippen LogP contribution in [0.1, 0.15) is 6.42 Å². The summed E-state index contributed by atoms with van der Waals surface area (Å²) in [5.41, 5.74) is 0.536. The van der Waals surface area contributed by atoms with E-state index < -0.39 is 15.8 Å². The third-order valence-corrected chi connectivity index (χ3v) is 4.19. The lowest BCUT2D eigenvalue weighted by molar-refractivity contribution is -0.116. The van der Waals surface area contributed by atoms with Gasteiger partial charge in [0.1, 0.15) is 5.82 Å². The zero-order valence-electron chi connectivity index (χ0n) is 11.5. The van der Waals surface area contributed by atoms with Crippen molar-refractivity contribution in [1.29, 1.82) is 0 Å². The number of nitrogens with one attached hydrogen (secondary N) is 2. The number of anilines is 1. The Balaban J connectivity index is 1.85. The topological polar surface area (TPSA) is 88.2 Å². The highest BCUT2D eigenvalue weighted by Gasteiger charge is 2.14. The number of nitrogens with zero attached hydrogens (tertiary/aromatic N) is 1. The molecule has 0 spiro atoms. The van der Waals surface area contributed by atoms with Crippen molar-refractivity contribution in [3.05, 3.63) is 54.6 Å². The summed E-state index contributed by atoms with van der Waals surface area (Å²) in [5.74, 6) is -0.857. The van der Waals surface area contributed by atoms with Crippen molar-refractivity contribution in [3.63, 3.8) is 0 Å². The van der Waals surface area contributed by atoms with Crippen LogP contribution < -0.4 is 10.0 Å². The molecule has 1 amide bonds. The Bertz CT molecular complexity index is 734. The van der Waals surface area contributed by atoms with E-state index in [1.807, 2.05) is 0 Å². The molecule has 0 aliphatic rings. The molecular weight excluding hydrogens is 309 g/mol. The average molecular weight is 323 g/mol. The monoisotopic (exact) mass is 323 g/mol. The largest absolute Gasteiger partial charge is 0.325 e. The molecule has 2 rings (SSSR count). The Morgan fingerprint density at radius 1 is 1.18 bits per heavy atom. The molecule has 0 saturated carbocycles. The molecule has 8 heteroatoms. The van der Waals surface area contributed by atoms with Crippen molar-refractivity contribution in [2.24, 2.45) is 0 Å². The zero-order valence-corrected chi connectivity index (χ0v) is 12.3. The van der Waals surface area contributed by atoms with Crippen LogP contribution in [0.3, 0.4) is 0 Å². The Morgan fingerprint density at radius 2 is 1.91 bits per heavy atom. The van der Waals surface area contributed by atoms with Gasteiger partial charge in [0.15, 0.2) is 0 Å². The number of sulfonamides is 1. The summed E-state index contributed by atoms with van der Waals surface area (Å²) in [6.07, 6.45) is 3.03. The first-order chi connectivity index (χ1) is 10.5.